The summed E-state index contributed by atoms with van der Waals surface area (Å²) in [6.45, 7) is 4.27. The summed E-state index contributed by atoms with van der Waals surface area (Å²) in [5.41, 5.74) is -10.7. The van der Waals surface area contributed by atoms with Crippen LogP contribution in [0.1, 0.15) is 25.0 Å². The number of aryl methyl sites for hydroxylation is 1. The fourth-order valence-electron chi connectivity index (χ4n) is 2.45. The lowest BCUT2D eigenvalue weighted by molar-refractivity contribution is -0.0547. The molecule has 0 fully saturated rings. The van der Waals surface area contributed by atoms with Crippen LogP contribution >= 0.6 is 10.3 Å². The Labute approximate surface area is 142 Å². The summed E-state index contributed by atoms with van der Waals surface area (Å²) in [4.78, 5) is -1.12. The van der Waals surface area contributed by atoms with E-state index in [0.717, 1.165) is 12.1 Å². The van der Waals surface area contributed by atoms with Crippen LogP contribution in [0.15, 0.2) is 28.0 Å². The number of rotatable bonds is 3. The molecule has 0 aliphatic carbocycles. The number of hydrogen-bond donors (Lipinski definition) is 0. The Morgan fingerprint density at radius 3 is 2.08 bits per heavy atom. The lowest BCUT2D eigenvalue weighted by Crippen LogP contribution is -2.33. The third kappa shape index (κ3) is 3.17. The van der Waals surface area contributed by atoms with Crippen molar-refractivity contribution >= 4 is 26.5 Å². The molecular formula is C14H14F6O3S2. The highest BCUT2D eigenvalue weighted by molar-refractivity contribution is 8.37. The first-order chi connectivity index (χ1) is 11.1. The molecule has 1 aliphatic heterocycles. The van der Waals surface area contributed by atoms with E-state index >= 15 is 0 Å². The summed E-state index contributed by atoms with van der Waals surface area (Å²) >= 11 is 0. The van der Waals surface area contributed by atoms with Crippen LogP contribution in [0.25, 0.3) is 6.08 Å². The van der Waals surface area contributed by atoms with Gasteiger partial charge in [-0.1, -0.05) is 31.5 Å². The molecule has 1 aromatic rings. The van der Waals surface area contributed by atoms with Gasteiger partial charge >= 0.3 is 21.1 Å². The van der Waals surface area contributed by atoms with Crippen molar-refractivity contribution in [2.24, 2.45) is 5.92 Å². The SMILES string of the molecule is Cc1ccc2c(c1)C=C(C(C)C)S2(OS(=O)(=O)C(F)(F)F)C(F)(F)F. The van der Waals surface area contributed by atoms with E-state index in [1.807, 2.05) is 0 Å². The fourth-order valence-corrected chi connectivity index (χ4v) is 7.19. The van der Waals surface area contributed by atoms with Crippen LogP contribution in [0.3, 0.4) is 0 Å². The molecule has 0 aromatic heterocycles. The number of alkyl halides is 6. The molecule has 25 heavy (non-hydrogen) atoms. The third-order valence-corrected chi connectivity index (χ3v) is 8.47. The smallest absolute Gasteiger partial charge is 0.196 e. The van der Waals surface area contributed by atoms with Gasteiger partial charge in [0, 0.05) is 20.1 Å². The molecule has 142 valence electrons. The molecule has 0 radical (unpaired) electrons. The average Bonchev–Trinajstić information content (AvgIpc) is 2.71. The fraction of sp³-hybridized carbons (Fsp3) is 0.429. The van der Waals surface area contributed by atoms with Gasteiger partial charge in [0.15, 0.2) is 0 Å². The molecule has 0 amide bonds. The van der Waals surface area contributed by atoms with E-state index in [9.17, 15) is 34.8 Å². The lowest BCUT2D eigenvalue weighted by atomic mass is 10.1. The maximum absolute atomic E-state index is 14.0. The monoisotopic (exact) mass is 408 g/mol. The molecular weight excluding hydrogens is 394 g/mol. The zero-order valence-electron chi connectivity index (χ0n) is 13.2. The zero-order chi connectivity index (χ0) is 19.4. The Bertz CT molecular complexity index is 824. The van der Waals surface area contributed by atoms with Crippen molar-refractivity contribution in [3.05, 3.63) is 34.2 Å². The second kappa shape index (κ2) is 5.92. The summed E-state index contributed by atoms with van der Waals surface area (Å²) in [6, 6.07) is 3.60. The maximum Gasteiger partial charge on any atom is 0.523 e. The first-order valence-electron chi connectivity index (χ1n) is 6.88. The summed E-state index contributed by atoms with van der Waals surface area (Å²) in [7, 11) is -11.3. The van der Waals surface area contributed by atoms with Gasteiger partial charge in [-0.25, -0.2) is 0 Å². The van der Waals surface area contributed by atoms with Crippen molar-refractivity contribution in [2.45, 2.75) is 36.7 Å². The average molecular weight is 408 g/mol. The van der Waals surface area contributed by atoms with E-state index in [0.29, 0.717) is 5.56 Å². The predicted octanol–water partition coefficient (Wildman–Crippen LogP) is 5.47. The van der Waals surface area contributed by atoms with Gasteiger partial charge in [-0.15, -0.1) is 0 Å². The van der Waals surface area contributed by atoms with Crippen LogP contribution in [0.4, 0.5) is 26.3 Å². The van der Waals surface area contributed by atoms with Gasteiger partial charge in [-0.2, -0.15) is 38.4 Å². The van der Waals surface area contributed by atoms with Crippen molar-refractivity contribution < 1.29 is 38.4 Å². The minimum atomic E-state index is -6.47. The minimum absolute atomic E-state index is 0.00778. The van der Waals surface area contributed by atoms with E-state index in [2.05, 4.69) is 3.63 Å². The quantitative estimate of drug-likeness (QED) is 0.492. The molecule has 3 nitrogen and oxygen atoms in total. The van der Waals surface area contributed by atoms with E-state index in [4.69, 9.17) is 0 Å². The normalized spacial score (nSPS) is 24.0. The van der Waals surface area contributed by atoms with Crippen molar-refractivity contribution in [3.8, 4) is 0 Å². The van der Waals surface area contributed by atoms with E-state index in [1.54, 1.807) is 6.92 Å². The molecule has 0 N–H and O–H groups in total. The standard InChI is InChI=1S/C14H14F6O3S2/c1-8(2)12-7-10-6-9(3)4-5-11(10)24(12,13(15,16)17)23-25(21,22)14(18,19)20/h4-8H,1-3H3. The summed E-state index contributed by atoms with van der Waals surface area (Å²) < 4.78 is 107. The van der Waals surface area contributed by atoms with Crippen molar-refractivity contribution in [2.75, 3.05) is 0 Å². The largest absolute Gasteiger partial charge is 0.523 e. The second-order valence-electron chi connectivity index (χ2n) is 5.71. The van der Waals surface area contributed by atoms with Gasteiger partial charge in [0.2, 0.25) is 0 Å². The predicted molar refractivity (Wildman–Crippen MR) is 82.0 cm³/mol. The number of benzene rings is 1. The first kappa shape index (κ1) is 20.1. The van der Waals surface area contributed by atoms with Crippen molar-refractivity contribution in [1.29, 1.82) is 0 Å². The number of halogens is 6. The van der Waals surface area contributed by atoms with Gasteiger partial charge in [0.05, 0.1) is 0 Å². The van der Waals surface area contributed by atoms with Crippen LogP contribution < -0.4 is 0 Å². The lowest BCUT2D eigenvalue weighted by Gasteiger charge is -2.40. The Morgan fingerprint density at radius 2 is 1.64 bits per heavy atom. The van der Waals surface area contributed by atoms with Gasteiger partial charge in [-0.05, 0) is 30.5 Å². The molecule has 11 heteroatoms. The highest BCUT2D eigenvalue weighted by Gasteiger charge is 2.64. The highest BCUT2D eigenvalue weighted by Crippen LogP contribution is 2.79. The molecule has 1 heterocycles. The molecule has 0 bridgehead atoms. The van der Waals surface area contributed by atoms with Crippen LogP contribution in [0.5, 0.6) is 0 Å². The summed E-state index contributed by atoms with van der Waals surface area (Å²) in [5.74, 6) is -0.882. The summed E-state index contributed by atoms with van der Waals surface area (Å²) in [5, 5.41) is 0. The highest BCUT2D eigenvalue weighted by atomic mass is 32.3. The number of fused-ring (bicyclic) bond motifs is 1. The molecule has 1 aromatic carbocycles. The second-order valence-corrected chi connectivity index (χ2v) is 10.1. The van der Waals surface area contributed by atoms with Gasteiger partial charge in [0.25, 0.3) is 0 Å². The molecule has 0 saturated heterocycles. The summed E-state index contributed by atoms with van der Waals surface area (Å²) in [6.07, 6.45) is 1.07. The van der Waals surface area contributed by atoms with Crippen LogP contribution in [0, 0.1) is 12.8 Å². The minimum Gasteiger partial charge on any atom is -0.196 e. The molecule has 1 aliphatic rings. The van der Waals surface area contributed by atoms with Gasteiger partial charge < -0.3 is 0 Å². The Hall–Kier alpha value is -1.20. The van der Waals surface area contributed by atoms with Gasteiger partial charge in [0.1, 0.15) is 0 Å². The van der Waals surface area contributed by atoms with Crippen molar-refractivity contribution in [1.82, 2.24) is 0 Å². The zero-order valence-corrected chi connectivity index (χ0v) is 14.8. The maximum atomic E-state index is 14.0. The Morgan fingerprint density at radius 1 is 1.08 bits per heavy atom. The van der Waals surface area contributed by atoms with E-state index in [-0.39, 0.29) is 5.56 Å². The van der Waals surface area contributed by atoms with Crippen LogP contribution in [0.2, 0.25) is 0 Å². The molecule has 0 saturated carbocycles. The Balaban J connectivity index is 2.83. The van der Waals surface area contributed by atoms with E-state index in [1.165, 1.54) is 26.0 Å². The Kier molecular flexibility index (Phi) is 4.76. The van der Waals surface area contributed by atoms with E-state index < -0.39 is 47.2 Å². The van der Waals surface area contributed by atoms with Crippen LogP contribution in [-0.4, -0.2) is 19.4 Å². The topological polar surface area (TPSA) is 43.4 Å². The molecule has 2 rings (SSSR count). The first-order valence-corrected chi connectivity index (χ1v) is 9.84. The van der Waals surface area contributed by atoms with Gasteiger partial charge in [-0.3, -0.25) is 0 Å². The van der Waals surface area contributed by atoms with Crippen LogP contribution in [-0.2, 0) is 13.7 Å². The molecule has 1 unspecified atom stereocenters. The molecule has 1 atom stereocenters. The van der Waals surface area contributed by atoms with Crippen molar-refractivity contribution in [3.63, 3.8) is 0 Å². The number of allylic oxidation sites excluding steroid dienone is 1. The molecule has 0 spiro atoms. The number of hydrogen-bond acceptors (Lipinski definition) is 3. The third-order valence-electron chi connectivity index (χ3n) is 3.47.